The fourth-order valence-corrected chi connectivity index (χ4v) is 1.85. The minimum absolute atomic E-state index is 0.121. The molecule has 2 aromatic carbocycles. The molecule has 0 unspecified atom stereocenters. The van der Waals surface area contributed by atoms with E-state index in [0.717, 1.165) is 5.56 Å². The minimum atomic E-state index is -0.428. The van der Waals surface area contributed by atoms with E-state index < -0.39 is 5.82 Å². The van der Waals surface area contributed by atoms with E-state index in [-0.39, 0.29) is 18.2 Å². The van der Waals surface area contributed by atoms with Gasteiger partial charge in [-0.25, -0.2) is 8.78 Å². The van der Waals surface area contributed by atoms with E-state index in [9.17, 15) is 8.78 Å². The van der Waals surface area contributed by atoms with Crippen molar-refractivity contribution >= 4 is 0 Å². The molecule has 0 fully saturated rings. The van der Waals surface area contributed by atoms with Gasteiger partial charge in [-0.15, -0.1) is 0 Å². The van der Waals surface area contributed by atoms with Crippen LogP contribution in [0.15, 0.2) is 42.5 Å². The molecule has 19 heavy (non-hydrogen) atoms. The fourth-order valence-electron chi connectivity index (χ4n) is 1.85. The number of para-hydroxylation sites is 1. The van der Waals surface area contributed by atoms with E-state index in [0.29, 0.717) is 18.5 Å². The third kappa shape index (κ3) is 3.51. The lowest BCUT2D eigenvalue weighted by Crippen LogP contribution is -2.06. The molecule has 0 atom stereocenters. The summed E-state index contributed by atoms with van der Waals surface area (Å²) in [6, 6.07) is 10.8. The topological polar surface area (TPSA) is 35.2 Å². The molecular formula is C15H15F2NO. The Hall–Kier alpha value is -1.94. The van der Waals surface area contributed by atoms with Crippen LogP contribution in [0.4, 0.5) is 8.78 Å². The Balaban J connectivity index is 2.14. The molecule has 0 saturated carbocycles. The molecule has 2 rings (SSSR count). The number of hydrogen-bond donors (Lipinski definition) is 1. The maximum absolute atomic E-state index is 13.7. The molecule has 0 aliphatic rings. The summed E-state index contributed by atoms with van der Waals surface area (Å²) in [6.45, 7) is 0.538. The molecule has 0 aliphatic carbocycles. The maximum atomic E-state index is 13.7. The SMILES string of the molecule is NCCc1cccc(F)c1OCc1cccc(F)c1. The zero-order chi connectivity index (χ0) is 13.7. The monoisotopic (exact) mass is 263 g/mol. The summed E-state index contributed by atoms with van der Waals surface area (Å²) in [7, 11) is 0. The Labute approximate surface area is 110 Å². The number of nitrogens with two attached hydrogens (primary N) is 1. The second-order valence-corrected chi connectivity index (χ2v) is 4.19. The van der Waals surface area contributed by atoms with Crippen LogP contribution >= 0.6 is 0 Å². The van der Waals surface area contributed by atoms with Gasteiger partial charge >= 0.3 is 0 Å². The summed E-state index contributed by atoms with van der Waals surface area (Å²) in [4.78, 5) is 0. The van der Waals surface area contributed by atoms with E-state index in [2.05, 4.69) is 0 Å². The van der Waals surface area contributed by atoms with E-state index in [1.54, 1.807) is 24.3 Å². The molecule has 0 aliphatic heterocycles. The summed E-state index contributed by atoms with van der Waals surface area (Å²) in [5.74, 6) is -0.573. The Morgan fingerprint density at radius 3 is 2.58 bits per heavy atom. The Kier molecular flexibility index (Phi) is 4.47. The van der Waals surface area contributed by atoms with Crippen molar-refractivity contribution in [2.75, 3.05) is 6.54 Å². The van der Waals surface area contributed by atoms with Crippen molar-refractivity contribution in [3.63, 3.8) is 0 Å². The number of rotatable bonds is 5. The molecule has 0 bridgehead atoms. The Morgan fingerprint density at radius 2 is 1.84 bits per heavy atom. The molecule has 0 heterocycles. The van der Waals surface area contributed by atoms with E-state index in [1.807, 2.05) is 0 Å². The smallest absolute Gasteiger partial charge is 0.165 e. The average Bonchev–Trinajstić information content (AvgIpc) is 2.38. The van der Waals surface area contributed by atoms with Crippen LogP contribution in [0.5, 0.6) is 5.75 Å². The Morgan fingerprint density at radius 1 is 1.05 bits per heavy atom. The van der Waals surface area contributed by atoms with Gasteiger partial charge in [0, 0.05) is 0 Å². The molecule has 0 aromatic heterocycles. The van der Waals surface area contributed by atoms with Gasteiger partial charge in [0.2, 0.25) is 0 Å². The maximum Gasteiger partial charge on any atom is 0.165 e. The van der Waals surface area contributed by atoms with E-state index >= 15 is 0 Å². The van der Waals surface area contributed by atoms with Crippen LogP contribution < -0.4 is 10.5 Å². The third-order valence-corrected chi connectivity index (χ3v) is 2.73. The van der Waals surface area contributed by atoms with Crippen molar-refractivity contribution < 1.29 is 13.5 Å². The molecule has 0 spiro atoms. The molecule has 0 radical (unpaired) electrons. The largest absolute Gasteiger partial charge is 0.486 e. The lowest BCUT2D eigenvalue weighted by atomic mass is 10.1. The highest BCUT2D eigenvalue weighted by atomic mass is 19.1. The highest BCUT2D eigenvalue weighted by Crippen LogP contribution is 2.24. The fraction of sp³-hybridized carbons (Fsp3) is 0.200. The van der Waals surface area contributed by atoms with Crippen LogP contribution in [0.2, 0.25) is 0 Å². The molecule has 100 valence electrons. The predicted molar refractivity (Wildman–Crippen MR) is 69.9 cm³/mol. The zero-order valence-electron chi connectivity index (χ0n) is 10.4. The van der Waals surface area contributed by atoms with Crippen LogP contribution in [-0.2, 0) is 13.0 Å². The van der Waals surface area contributed by atoms with Crippen molar-refractivity contribution in [1.29, 1.82) is 0 Å². The van der Waals surface area contributed by atoms with Crippen molar-refractivity contribution in [3.8, 4) is 5.75 Å². The lowest BCUT2D eigenvalue weighted by molar-refractivity contribution is 0.286. The van der Waals surface area contributed by atoms with Gasteiger partial charge in [0.25, 0.3) is 0 Å². The lowest BCUT2D eigenvalue weighted by Gasteiger charge is -2.12. The first-order chi connectivity index (χ1) is 9.20. The number of hydrogen-bond acceptors (Lipinski definition) is 2. The minimum Gasteiger partial charge on any atom is -0.486 e. The number of ether oxygens (including phenoxy) is 1. The predicted octanol–water partition coefficient (Wildman–Crippen LogP) is 3.05. The molecule has 2 nitrogen and oxygen atoms in total. The van der Waals surface area contributed by atoms with Crippen LogP contribution in [0.25, 0.3) is 0 Å². The second-order valence-electron chi connectivity index (χ2n) is 4.19. The molecule has 2 N–H and O–H groups in total. The van der Waals surface area contributed by atoms with Gasteiger partial charge in [0.15, 0.2) is 11.6 Å². The highest BCUT2D eigenvalue weighted by Gasteiger charge is 2.09. The number of benzene rings is 2. The zero-order valence-corrected chi connectivity index (χ0v) is 10.4. The van der Waals surface area contributed by atoms with Gasteiger partial charge in [-0.2, -0.15) is 0 Å². The first kappa shape index (κ1) is 13.5. The quantitative estimate of drug-likeness (QED) is 0.899. The Bertz CT molecular complexity index is 558. The van der Waals surface area contributed by atoms with Gasteiger partial charge in [-0.3, -0.25) is 0 Å². The van der Waals surface area contributed by atoms with Gasteiger partial charge in [-0.05, 0) is 42.3 Å². The summed E-state index contributed by atoms with van der Waals surface area (Å²) in [5.41, 5.74) is 6.85. The van der Waals surface area contributed by atoms with E-state index in [4.69, 9.17) is 10.5 Å². The molecule has 2 aromatic rings. The summed E-state index contributed by atoms with van der Waals surface area (Å²) < 4.78 is 32.2. The van der Waals surface area contributed by atoms with Crippen molar-refractivity contribution in [1.82, 2.24) is 0 Å². The summed E-state index contributed by atoms with van der Waals surface area (Å²) >= 11 is 0. The first-order valence-corrected chi connectivity index (χ1v) is 6.05. The van der Waals surface area contributed by atoms with Gasteiger partial charge in [0.1, 0.15) is 12.4 Å². The van der Waals surface area contributed by atoms with Crippen LogP contribution in [0.3, 0.4) is 0 Å². The van der Waals surface area contributed by atoms with Gasteiger partial charge in [0.05, 0.1) is 0 Å². The van der Waals surface area contributed by atoms with Gasteiger partial charge in [-0.1, -0.05) is 24.3 Å². The van der Waals surface area contributed by atoms with E-state index in [1.165, 1.54) is 18.2 Å². The second kappa shape index (κ2) is 6.29. The van der Waals surface area contributed by atoms with Crippen molar-refractivity contribution in [2.45, 2.75) is 13.0 Å². The number of halogens is 2. The van der Waals surface area contributed by atoms with Gasteiger partial charge < -0.3 is 10.5 Å². The van der Waals surface area contributed by atoms with Crippen molar-refractivity contribution in [2.24, 2.45) is 5.73 Å². The van der Waals surface area contributed by atoms with Crippen LogP contribution in [-0.4, -0.2) is 6.54 Å². The molecule has 0 saturated heterocycles. The third-order valence-electron chi connectivity index (χ3n) is 2.73. The first-order valence-electron chi connectivity index (χ1n) is 6.05. The average molecular weight is 263 g/mol. The van der Waals surface area contributed by atoms with Crippen molar-refractivity contribution in [3.05, 3.63) is 65.2 Å². The summed E-state index contributed by atoms with van der Waals surface area (Å²) in [5, 5.41) is 0. The molecule has 4 heteroatoms. The van der Waals surface area contributed by atoms with Crippen LogP contribution in [0, 0.1) is 11.6 Å². The standard InChI is InChI=1S/C15H15F2NO/c16-13-5-1-3-11(9-13)10-19-15-12(7-8-18)4-2-6-14(15)17/h1-6,9H,7-8,10,18H2. The normalized spacial score (nSPS) is 10.5. The van der Waals surface area contributed by atoms with Crippen LogP contribution in [0.1, 0.15) is 11.1 Å². The summed E-state index contributed by atoms with van der Waals surface area (Å²) in [6.07, 6.45) is 0.538. The highest BCUT2D eigenvalue weighted by molar-refractivity contribution is 5.35. The molecule has 0 amide bonds. The molecular weight excluding hydrogens is 248 g/mol.